The van der Waals surface area contributed by atoms with Gasteiger partial charge in [-0.25, -0.2) is 0 Å². The number of alkyl halides is 3. The number of piperidine rings is 1. The van der Waals surface area contributed by atoms with Gasteiger partial charge in [0.15, 0.2) is 17.1 Å². The van der Waals surface area contributed by atoms with Gasteiger partial charge >= 0.3 is 6.18 Å². The zero-order chi connectivity index (χ0) is 23.6. The second-order valence-corrected chi connectivity index (χ2v) is 8.07. The predicted molar refractivity (Wildman–Crippen MR) is 114 cm³/mol. The largest absolute Gasteiger partial charge is 0.493 e. The van der Waals surface area contributed by atoms with Gasteiger partial charge in [0.25, 0.3) is 0 Å². The number of methoxy groups -OCH3 is 2. The molecule has 10 heteroatoms. The molecule has 0 radical (unpaired) electrons. The van der Waals surface area contributed by atoms with E-state index < -0.39 is 11.7 Å². The first-order valence-electron chi connectivity index (χ1n) is 10.7. The van der Waals surface area contributed by atoms with E-state index in [1.165, 1.54) is 10.5 Å². The number of hydrogen-bond acceptors (Lipinski definition) is 5. The van der Waals surface area contributed by atoms with Crippen LogP contribution in [-0.4, -0.2) is 52.7 Å². The molecule has 1 aromatic carbocycles. The summed E-state index contributed by atoms with van der Waals surface area (Å²) < 4.78 is 51.4. The highest BCUT2D eigenvalue weighted by Gasteiger charge is 2.32. The van der Waals surface area contributed by atoms with Gasteiger partial charge in [-0.3, -0.25) is 9.20 Å². The number of nitrogens with zero attached hydrogens (tertiary/aromatic N) is 4. The number of rotatable bonds is 6. The van der Waals surface area contributed by atoms with Crippen LogP contribution < -0.4 is 9.47 Å². The number of aryl methyl sites for hydroxylation is 1. The van der Waals surface area contributed by atoms with Gasteiger partial charge in [-0.15, -0.1) is 10.2 Å². The molecule has 1 saturated heterocycles. The standard InChI is InChI=1S/C23H25F3N4O3/c1-32-18-8-5-15(12-19(18)33-2)6-10-21(31)29-11-3-4-16(13-29)22-28-27-20-9-7-17(14-30(20)22)23(24,25)26/h5,7-9,12,14,16H,3-4,6,10-11,13H2,1-2H3. The van der Waals surface area contributed by atoms with E-state index in [-0.39, 0.29) is 11.8 Å². The van der Waals surface area contributed by atoms with Gasteiger partial charge in [-0.1, -0.05) is 6.07 Å². The van der Waals surface area contributed by atoms with Gasteiger partial charge in [-0.2, -0.15) is 13.2 Å². The van der Waals surface area contributed by atoms with Gasteiger partial charge in [0.1, 0.15) is 5.82 Å². The first-order chi connectivity index (χ1) is 15.8. The Morgan fingerprint density at radius 2 is 1.91 bits per heavy atom. The summed E-state index contributed by atoms with van der Waals surface area (Å²) in [6.07, 6.45) is -1.07. The first-order valence-corrected chi connectivity index (χ1v) is 10.7. The Morgan fingerprint density at radius 3 is 2.64 bits per heavy atom. The Morgan fingerprint density at radius 1 is 1.12 bits per heavy atom. The van der Waals surface area contributed by atoms with E-state index in [1.54, 1.807) is 25.2 Å². The van der Waals surface area contributed by atoms with Crippen LogP contribution in [0.2, 0.25) is 0 Å². The number of carbonyl (C=O) groups is 1. The quantitative estimate of drug-likeness (QED) is 0.552. The Balaban J connectivity index is 1.45. The van der Waals surface area contributed by atoms with Crippen molar-refractivity contribution in [3.05, 3.63) is 53.5 Å². The van der Waals surface area contributed by atoms with Gasteiger partial charge in [0.2, 0.25) is 5.91 Å². The molecule has 1 fully saturated rings. The van der Waals surface area contributed by atoms with Crippen molar-refractivity contribution in [2.45, 2.75) is 37.8 Å². The lowest BCUT2D eigenvalue weighted by Gasteiger charge is -2.32. The molecule has 0 spiro atoms. The number of fused-ring (bicyclic) bond motifs is 1. The molecule has 176 valence electrons. The van der Waals surface area contributed by atoms with Crippen LogP contribution in [0.25, 0.3) is 5.65 Å². The number of likely N-dealkylation sites (tertiary alicyclic amines) is 1. The lowest BCUT2D eigenvalue weighted by atomic mass is 9.96. The molecule has 4 rings (SSSR count). The Bertz CT molecular complexity index is 1150. The summed E-state index contributed by atoms with van der Waals surface area (Å²) in [4.78, 5) is 14.7. The maximum absolute atomic E-state index is 13.2. The SMILES string of the molecule is COc1ccc(CCC(=O)N2CCCC(c3nnc4ccc(C(F)(F)F)cn34)C2)cc1OC. The minimum Gasteiger partial charge on any atom is -0.493 e. The molecule has 0 bridgehead atoms. The lowest BCUT2D eigenvalue weighted by molar-refractivity contribution is -0.137. The van der Waals surface area contributed by atoms with Crippen LogP contribution >= 0.6 is 0 Å². The number of carbonyl (C=O) groups excluding carboxylic acids is 1. The highest BCUT2D eigenvalue weighted by atomic mass is 19.4. The maximum atomic E-state index is 13.2. The lowest BCUT2D eigenvalue weighted by Crippen LogP contribution is -2.39. The summed E-state index contributed by atoms with van der Waals surface area (Å²) in [6.45, 7) is 1.02. The molecule has 1 amide bonds. The number of pyridine rings is 1. The maximum Gasteiger partial charge on any atom is 0.417 e. The van der Waals surface area contributed by atoms with E-state index in [0.717, 1.165) is 30.7 Å². The molecule has 3 aromatic rings. The fourth-order valence-electron chi connectivity index (χ4n) is 4.21. The zero-order valence-electron chi connectivity index (χ0n) is 18.4. The molecule has 0 saturated carbocycles. The molecule has 3 heterocycles. The topological polar surface area (TPSA) is 69.0 Å². The average molecular weight is 462 g/mol. The number of hydrogen-bond donors (Lipinski definition) is 0. The van der Waals surface area contributed by atoms with E-state index in [4.69, 9.17) is 9.47 Å². The molecular weight excluding hydrogens is 437 g/mol. The van der Waals surface area contributed by atoms with Gasteiger partial charge in [-0.05, 0) is 49.1 Å². The van der Waals surface area contributed by atoms with Crippen molar-refractivity contribution in [3.63, 3.8) is 0 Å². The minimum atomic E-state index is -4.45. The summed E-state index contributed by atoms with van der Waals surface area (Å²) in [5.74, 6) is 1.51. The normalized spacial score (nSPS) is 16.8. The van der Waals surface area contributed by atoms with E-state index >= 15 is 0 Å². The first kappa shape index (κ1) is 22.9. The van der Waals surface area contributed by atoms with Crippen molar-refractivity contribution in [3.8, 4) is 11.5 Å². The van der Waals surface area contributed by atoms with Crippen LogP contribution in [0.5, 0.6) is 11.5 Å². The molecule has 2 aromatic heterocycles. The van der Waals surface area contributed by atoms with Crippen LogP contribution in [0, 0.1) is 0 Å². The monoisotopic (exact) mass is 462 g/mol. The number of benzene rings is 1. The molecule has 0 aliphatic carbocycles. The van der Waals surface area contributed by atoms with Crippen LogP contribution in [0.15, 0.2) is 36.5 Å². The molecule has 1 aliphatic rings. The summed E-state index contributed by atoms with van der Waals surface area (Å²) in [5.41, 5.74) is 0.558. The van der Waals surface area contributed by atoms with Gasteiger partial charge in [0, 0.05) is 31.6 Å². The Kier molecular flexibility index (Phi) is 6.44. The van der Waals surface area contributed by atoms with E-state index in [9.17, 15) is 18.0 Å². The van der Waals surface area contributed by atoms with Gasteiger partial charge < -0.3 is 14.4 Å². The average Bonchev–Trinajstić information content (AvgIpc) is 3.25. The van der Waals surface area contributed by atoms with Gasteiger partial charge in [0.05, 0.1) is 19.8 Å². The second-order valence-electron chi connectivity index (χ2n) is 8.07. The number of amides is 1. The molecular formula is C23H25F3N4O3. The molecule has 1 unspecified atom stereocenters. The van der Waals surface area contributed by atoms with E-state index in [2.05, 4.69) is 10.2 Å². The smallest absolute Gasteiger partial charge is 0.417 e. The number of halogens is 3. The molecule has 33 heavy (non-hydrogen) atoms. The van der Waals surface area contributed by atoms with Crippen LogP contribution in [0.3, 0.4) is 0 Å². The van der Waals surface area contributed by atoms with Crippen molar-refractivity contribution in [2.75, 3.05) is 27.3 Å². The van der Waals surface area contributed by atoms with E-state index in [1.807, 2.05) is 12.1 Å². The summed E-state index contributed by atoms with van der Waals surface area (Å²) in [7, 11) is 3.13. The highest BCUT2D eigenvalue weighted by molar-refractivity contribution is 5.76. The summed E-state index contributed by atoms with van der Waals surface area (Å²) in [6, 6.07) is 7.87. The van der Waals surface area contributed by atoms with Crippen molar-refractivity contribution >= 4 is 11.6 Å². The van der Waals surface area contributed by atoms with E-state index in [0.29, 0.717) is 48.9 Å². The summed E-state index contributed by atoms with van der Waals surface area (Å²) in [5, 5.41) is 8.16. The third kappa shape index (κ3) is 4.89. The van der Waals surface area contributed by atoms with Crippen molar-refractivity contribution in [2.24, 2.45) is 0 Å². The zero-order valence-corrected chi connectivity index (χ0v) is 18.4. The third-order valence-corrected chi connectivity index (χ3v) is 5.97. The number of ether oxygens (including phenoxy) is 2. The Hall–Kier alpha value is -3.30. The predicted octanol–water partition coefficient (Wildman–Crippen LogP) is 4.10. The Labute approximate surface area is 189 Å². The van der Waals surface area contributed by atoms with Crippen LogP contribution in [0.1, 0.15) is 42.1 Å². The molecule has 1 aliphatic heterocycles. The summed E-state index contributed by atoms with van der Waals surface area (Å²) >= 11 is 0. The second kappa shape index (κ2) is 9.29. The van der Waals surface area contributed by atoms with Crippen molar-refractivity contribution in [1.29, 1.82) is 0 Å². The van der Waals surface area contributed by atoms with Crippen molar-refractivity contribution in [1.82, 2.24) is 19.5 Å². The van der Waals surface area contributed by atoms with Crippen molar-refractivity contribution < 1.29 is 27.4 Å². The minimum absolute atomic E-state index is 0.000661. The van der Waals surface area contributed by atoms with Crippen LogP contribution in [-0.2, 0) is 17.4 Å². The highest BCUT2D eigenvalue weighted by Crippen LogP contribution is 2.32. The number of aromatic nitrogens is 3. The molecule has 7 nitrogen and oxygen atoms in total. The third-order valence-electron chi connectivity index (χ3n) is 5.97. The molecule has 0 N–H and O–H groups in total. The molecule has 1 atom stereocenters. The fraction of sp³-hybridized carbons (Fsp3) is 0.435. The van der Waals surface area contributed by atoms with Crippen LogP contribution in [0.4, 0.5) is 13.2 Å². The fourth-order valence-corrected chi connectivity index (χ4v) is 4.21.